The second kappa shape index (κ2) is 7.77. The van der Waals surface area contributed by atoms with Gasteiger partial charge in [0.2, 0.25) is 5.91 Å². The number of pyridine rings is 1. The number of aromatic amines is 1. The molecule has 2 amide bonds. The van der Waals surface area contributed by atoms with Gasteiger partial charge in [-0.3, -0.25) is 19.2 Å². The maximum absolute atomic E-state index is 13.6. The molecule has 0 saturated carbocycles. The van der Waals surface area contributed by atoms with Gasteiger partial charge < -0.3 is 15.6 Å². The number of rotatable bonds is 4. The number of halogens is 3. The number of hydrogen-bond acceptors (Lipinski definition) is 4. The minimum absolute atomic E-state index is 0.210. The minimum Gasteiger partial charge on any atom is -0.343 e. The highest BCUT2D eigenvalue weighted by Crippen LogP contribution is 2.33. The third-order valence-electron chi connectivity index (χ3n) is 4.68. The van der Waals surface area contributed by atoms with Gasteiger partial charge in [-0.1, -0.05) is 13.8 Å². The van der Waals surface area contributed by atoms with E-state index in [0.717, 1.165) is 6.07 Å². The number of carbonyl (C=O) groups excluding carboxylic acids is 3. The number of nitrogens with one attached hydrogen (secondary N) is 3. The van der Waals surface area contributed by atoms with Crippen LogP contribution in [-0.2, 0) is 11.2 Å². The Balaban J connectivity index is 1.71. The molecule has 0 aliphatic heterocycles. The van der Waals surface area contributed by atoms with Crippen LogP contribution in [0, 0.1) is 22.9 Å². The summed E-state index contributed by atoms with van der Waals surface area (Å²) < 4.78 is 39.7. The highest BCUT2D eigenvalue weighted by Gasteiger charge is 2.32. The number of anilines is 1. The summed E-state index contributed by atoms with van der Waals surface area (Å²) in [4.78, 5) is 51.3. The molecule has 0 spiro atoms. The van der Waals surface area contributed by atoms with Crippen molar-refractivity contribution in [2.45, 2.75) is 26.7 Å². The molecular weight excluding hydrogens is 403 g/mol. The average Bonchev–Trinajstić information content (AvgIpc) is 2.65. The molecule has 7 nitrogen and oxygen atoms in total. The summed E-state index contributed by atoms with van der Waals surface area (Å²) in [6.45, 7) is 3.11. The van der Waals surface area contributed by atoms with Crippen LogP contribution in [0.25, 0.3) is 0 Å². The lowest BCUT2D eigenvalue weighted by Gasteiger charge is -2.29. The number of Topliss-reactive ketones (excluding diaryl/α,β-unsaturated/α-hetero) is 1. The molecule has 0 atom stereocenters. The molecule has 1 aliphatic rings. The molecule has 1 aromatic carbocycles. The van der Waals surface area contributed by atoms with Gasteiger partial charge in [-0.2, -0.15) is 0 Å². The highest BCUT2D eigenvalue weighted by atomic mass is 19.2. The Kier molecular flexibility index (Phi) is 5.51. The lowest BCUT2D eigenvalue weighted by atomic mass is 9.75. The second-order valence-electron chi connectivity index (χ2n) is 7.80. The predicted octanol–water partition coefficient (Wildman–Crippen LogP) is 2.32. The van der Waals surface area contributed by atoms with E-state index in [9.17, 15) is 32.3 Å². The van der Waals surface area contributed by atoms with Gasteiger partial charge in [0.15, 0.2) is 23.2 Å². The summed E-state index contributed by atoms with van der Waals surface area (Å²) in [6, 6.07) is 2.65. The SMILES string of the molecule is CC1(C)CC(=O)c2cc(C(=O)NCC(=O)Nc3ccc(F)c(F)c3F)c(=O)[nH]c2C1. The Morgan fingerprint density at radius 3 is 2.50 bits per heavy atom. The largest absolute Gasteiger partial charge is 0.343 e. The number of aromatic nitrogens is 1. The minimum atomic E-state index is -1.75. The zero-order chi connectivity index (χ0) is 22.2. The van der Waals surface area contributed by atoms with Crippen molar-refractivity contribution < 1.29 is 27.6 Å². The van der Waals surface area contributed by atoms with Crippen molar-refractivity contribution in [3.05, 3.63) is 62.8 Å². The van der Waals surface area contributed by atoms with E-state index >= 15 is 0 Å². The first-order valence-electron chi connectivity index (χ1n) is 8.99. The molecule has 0 unspecified atom stereocenters. The van der Waals surface area contributed by atoms with Crippen LogP contribution >= 0.6 is 0 Å². The van der Waals surface area contributed by atoms with Crippen LogP contribution in [0.5, 0.6) is 0 Å². The molecule has 3 N–H and O–H groups in total. The lowest BCUT2D eigenvalue weighted by molar-refractivity contribution is -0.115. The third kappa shape index (κ3) is 4.27. The van der Waals surface area contributed by atoms with E-state index in [1.165, 1.54) is 6.07 Å². The highest BCUT2D eigenvalue weighted by molar-refractivity contribution is 6.03. The molecule has 1 aromatic heterocycles. The summed E-state index contributed by atoms with van der Waals surface area (Å²) in [6.07, 6.45) is 0.725. The summed E-state index contributed by atoms with van der Waals surface area (Å²) in [7, 11) is 0. The van der Waals surface area contributed by atoms with Crippen LogP contribution in [0.2, 0.25) is 0 Å². The van der Waals surface area contributed by atoms with Crippen LogP contribution < -0.4 is 16.2 Å². The van der Waals surface area contributed by atoms with Crippen molar-refractivity contribution in [3.63, 3.8) is 0 Å². The van der Waals surface area contributed by atoms with Crippen molar-refractivity contribution in [2.24, 2.45) is 5.41 Å². The van der Waals surface area contributed by atoms with Crippen LogP contribution in [0.15, 0.2) is 23.0 Å². The normalized spacial score (nSPS) is 14.8. The third-order valence-corrected chi connectivity index (χ3v) is 4.68. The van der Waals surface area contributed by atoms with Gasteiger partial charge in [-0.15, -0.1) is 0 Å². The van der Waals surface area contributed by atoms with Crippen molar-refractivity contribution in [1.29, 1.82) is 0 Å². The average molecular weight is 421 g/mol. The van der Waals surface area contributed by atoms with E-state index in [4.69, 9.17) is 0 Å². The smallest absolute Gasteiger partial charge is 0.261 e. The van der Waals surface area contributed by atoms with Crippen molar-refractivity contribution in [3.8, 4) is 0 Å². The van der Waals surface area contributed by atoms with Gasteiger partial charge in [0.05, 0.1) is 12.2 Å². The molecule has 0 saturated heterocycles. The Hall–Kier alpha value is -3.43. The standard InChI is InChI=1S/C20H18F3N3O4/c1-20(2)6-13-9(14(27)7-20)5-10(19(30)26-13)18(29)24-8-15(28)25-12-4-3-11(21)16(22)17(12)23/h3-5H,6-8H2,1-2H3,(H,24,29)(H,25,28)(H,26,30). The van der Waals surface area contributed by atoms with E-state index in [0.29, 0.717) is 18.2 Å². The van der Waals surface area contributed by atoms with Gasteiger partial charge in [-0.25, -0.2) is 13.2 Å². The Morgan fingerprint density at radius 2 is 1.80 bits per heavy atom. The van der Waals surface area contributed by atoms with Gasteiger partial charge in [-0.05, 0) is 30.0 Å². The number of carbonyl (C=O) groups is 3. The number of amides is 2. The Bertz CT molecular complexity index is 1130. The van der Waals surface area contributed by atoms with Crippen molar-refractivity contribution in [1.82, 2.24) is 10.3 Å². The molecule has 0 bridgehead atoms. The molecule has 2 aromatic rings. The maximum atomic E-state index is 13.6. The quantitative estimate of drug-likeness (QED) is 0.659. The molecular formula is C20H18F3N3O4. The van der Waals surface area contributed by atoms with Crippen molar-refractivity contribution in [2.75, 3.05) is 11.9 Å². The van der Waals surface area contributed by atoms with Crippen LogP contribution in [0.1, 0.15) is 46.7 Å². The fraction of sp³-hybridized carbons (Fsp3) is 0.300. The second-order valence-corrected chi connectivity index (χ2v) is 7.80. The fourth-order valence-electron chi connectivity index (χ4n) is 3.27. The summed E-state index contributed by atoms with van der Waals surface area (Å²) >= 11 is 0. The van der Waals surface area contributed by atoms with E-state index in [1.807, 2.05) is 19.2 Å². The van der Waals surface area contributed by atoms with Crippen LogP contribution in [0.4, 0.5) is 18.9 Å². The number of hydrogen-bond donors (Lipinski definition) is 3. The van der Waals surface area contributed by atoms with Gasteiger partial charge in [0, 0.05) is 17.7 Å². The summed E-state index contributed by atoms with van der Waals surface area (Å²) in [5.74, 6) is -6.80. The van der Waals surface area contributed by atoms with E-state index < -0.39 is 47.1 Å². The van der Waals surface area contributed by atoms with Gasteiger partial charge in [0.25, 0.3) is 11.5 Å². The zero-order valence-corrected chi connectivity index (χ0v) is 16.1. The molecule has 10 heteroatoms. The lowest BCUT2D eigenvalue weighted by Crippen LogP contribution is -2.37. The summed E-state index contributed by atoms with van der Waals surface area (Å²) in [5.41, 5.74) is -1.30. The maximum Gasteiger partial charge on any atom is 0.261 e. The summed E-state index contributed by atoms with van der Waals surface area (Å²) in [5, 5.41) is 4.16. The topological polar surface area (TPSA) is 108 Å². The Labute approximate surface area is 168 Å². The first-order chi connectivity index (χ1) is 14.0. The molecule has 0 fully saturated rings. The Morgan fingerprint density at radius 1 is 1.10 bits per heavy atom. The molecule has 158 valence electrons. The fourth-order valence-corrected chi connectivity index (χ4v) is 3.27. The monoisotopic (exact) mass is 421 g/mol. The predicted molar refractivity (Wildman–Crippen MR) is 101 cm³/mol. The molecule has 1 aliphatic carbocycles. The van der Waals surface area contributed by atoms with E-state index in [2.05, 4.69) is 10.3 Å². The molecule has 1 heterocycles. The zero-order valence-electron chi connectivity index (χ0n) is 16.1. The van der Waals surface area contributed by atoms with E-state index in [1.54, 1.807) is 0 Å². The molecule has 30 heavy (non-hydrogen) atoms. The number of benzene rings is 1. The van der Waals surface area contributed by atoms with Crippen molar-refractivity contribution >= 4 is 23.3 Å². The molecule has 0 radical (unpaired) electrons. The van der Waals surface area contributed by atoms with Gasteiger partial charge in [0.1, 0.15) is 5.56 Å². The first kappa shape index (κ1) is 21.3. The number of fused-ring (bicyclic) bond motifs is 1. The first-order valence-corrected chi connectivity index (χ1v) is 8.99. The number of ketones is 1. The van der Waals surface area contributed by atoms with Crippen LogP contribution in [-0.4, -0.2) is 29.1 Å². The molecule has 3 rings (SSSR count). The number of H-pyrrole nitrogens is 1. The van der Waals surface area contributed by atoms with Gasteiger partial charge >= 0.3 is 0 Å². The van der Waals surface area contributed by atoms with E-state index in [-0.39, 0.29) is 28.7 Å². The van der Waals surface area contributed by atoms with Crippen LogP contribution in [0.3, 0.4) is 0 Å².